The largest absolute Gasteiger partial charge is 0.456 e. The summed E-state index contributed by atoms with van der Waals surface area (Å²) in [5, 5.41) is 8.92. The molecule has 2 heteroatoms. The summed E-state index contributed by atoms with van der Waals surface area (Å²) in [7, 11) is -0.840. The maximum Gasteiger partial charge on any atom is 0.136 e. The monoisotopic (exact) mass is 704 g/mol. The van der Waals surface area contributed by atoms with Gasteiger partial charge in [0.1, 0.15) is 11.2 Å². The van der Waals surface area contributed by atoms with Crippen LogP contribution in [0.1, 0.15) is 0 Å². The Labute approximate surface area is 315 Å². The molecule has 0 fully saturated rings. The number of furan rings is 1. The Morgan fingerprint density at radius 2 is 0.796 bits per heavy atom. The highest BCUT2D eigenvalue weighted by Crippen LogP contribution is 2.51. The highest BCUT2D eigenvalue weighted by Gasteiger charge is 2.25. The summed E-state index contributed by atoms with van der Waals surface area (Å²) in [5.41, 5.74) is 14.3. The van der Waals surface area contributed by atoms with E-state index in [4.69, 9.17) is 4.42 Å². The lowest BCUT2D eigenvalue weighted by molar-refractivity contribution is 0.669. The van der Waals surface area contributed by atoms with Crippen LogP contribution in [0.15, 0.2) is 205 Å². The molecular weight excluding hydrogens is 672 g/mol. The molecule has 0 unspecified atom stereocenters. The van der Waals surface area contributed by atoms with Gasteiger partial charge in [0.15, 0.2) is 0 Å². The first-order valence-corrected chi connectivity index (χ1v) is 19.8. The third kappa shape index (κ3) is 5.05. The molecule has 0 radical (unpaired) electrons. The van der Waals surface area contributed by atoms with Gasteiger partial charge in [0.25, 0.3) is 0 Å². The van der Waals surface area contributed by atoms with Crippen molar-refractivity contribution in [2.24, 2.45) is 0 Å². The maximum atomic E-state index is 6.57. The molecule has 0 amide bonds. The van der Waals surface area contributed by atoms with E-state index >= 15 is 0 Å². The van der Waals surface area contributed by atoms with Gasteiger partial charge < -0.3 is 4.42 Å². The van der Waals surface area contributed by atoms with E-state index in [1.807, 2.05) is 0 Å². The summed E-state index contributed by atoms with van der Waals surface area (Å²) >= 11 is 0. The zero-order chi connectivity index (χ0) is 35.6. The second-order valence-electron chi connectivity index (χ2n) is 14.1. The minimum atomic E-state index is -0.840. The summed E-state index contributed by atoms with van der Waals surface area (Å²) in [6, 6.07) is 73.3. The lowest BCUT2D eigenvalue weighted by Gasteiger charge is -2.21. The smallest absolute Gasteiger partial charge is 0.136 e. The van der Waals surface area contributed by atoms with Crippen molar-refractivity contribution in [3.05, 3.63) is 200 Å². The number of hydrogen-bond acceptors (Lipinski definition) is 1. The van der Waals surface area contributed by atoms with Crippen LogP contribution in [-0.4, -0.2) is 0 Å². The van der Waals surface area contributed by atoms with E-state index in [1.54, 1.807) is 0 Å². The Hall–Kier alpha value is -6.53. The van der Waals surface area contributed by atoms with Crippen molar-refractivity contribution in [3.8, 4) is 55.6 Å². The summed E-state index contributed by atoms with van der Waals surface area (Å²) in [4.78, 5) is 0. The highest BCUT2D eigenvalue weighted by molar-refractivity contribution is 7.79. The van der Waals surface area contributed by atoms with Gasteiger partial charge in [0.2, 0.25) is 0 Å². The molecule has 0 bridgehead atoms. The van der Waals surface area contributed by atoms with Crippen LogP contribution in [0.4, 0.5) is 0 Å². The zero-order valence-electron chi connectivity index (χ0n) is 29.4. The van der Waals surface area contributed by atoms with Crippen LogP contribution < -0.4 is 15.9 Å². The fourth-order valence-corrected chi connectivity index (χ4v) is 10.8. The van der Waals surface area contributed by atoms with Crippen LogP contribution in [0.2, 0.25) is 0 Å². The van der Waals surface area contributed by atoms with E-state index in [0.717, 1.165) is 16.6 Å². The first kappa shape index (κ1) is 31.0. The predicted octanol–water partition coefficient (Wildman–Crippen LogP) is 13.1. The van der Waals surface area contributed by atoms with Gasteiger partial charge in [0, 0.05) is 10.8 Å². The fraction of sp³-hybridized carbons (Fsp3) is 0. The summed E-state index contributed by atoms with van der Waals surface area (Å²) < 4.78 is 6.57. The summed E-state index contributed by atoms with van der Waals surface area (Å²) in [5.74, 6) is 0. The molecule has 0 saturated heterocycles. The summed E-state index contributed by atoms with van der Waals surface area (Å²) in [6.45, 7) is 0. The molecule has 0 N–H and O–H groups in total. The molecule has 0 aliphatic heterocycles. The van der Waals surface area contributed by atoms with Crippen LogP contribution in [0.25, 0.3) is 88.3 Å². The maximum absolute atomic E-state index is 6.57. The van der Waals surface area contributed by atoms with Gasteiger partial charge in [0.05, 0.1) is 0 Å². The average molecular weight is 705 g/mol. The van der Waals surface area contributed by atoms with Crippen molar-refractivity contribution >= 4 is 56.5 Å². The molecule has 0 spiro atoms. The average Bonchev–Trinajstić information content (AvgIpc) is 3.78. The van der Waals surface area contributed by atoms with Gasteiger partial charge >= 0.3 is 0 Å². The van der Waals surface area contributed by atoms with E-state index in [9.17, 15) is 0 Å². The van der Waals surface area contributed by atoms with E-state index < -0.39 is 7.92 Å². The second kappa shape index (κ2) is 12.6. The molecule has 1 aliphatic rings. The van der Waals surface area contributed by atoms with E-state index in [1.165, 1.54) is 87.7 Å². The molecular formula is C52H33OP. The van der Waals surface area contributed by atoms with E-state index in [2.05, 4.69) is 200 Å². The lowest BCUT2D eigenvalue weighted by Crippen LogP contribution is -2.21. The van der Waals surface area contributed by atoms with Crippen molar-refractivity contribution < 1.29 is 4.42 Å². The van der Waals surface area contributed by atoms with Crippen LogP contribution in [0.5, 0.6) is 0 Å². The molecule has 252 valence electrons. The molecule has 10 aromatic rings. The SMILES string of the molecule is c1ccc(-c2cccc(P(c3ccc(-c4ccc5oc6cc7c8c(cccc8c6c5c4)-c4ccccc4-7)cc3)c3cccc(-c4ccccc4)c3)c2)cc1. The van der Waals surface area contributed by atoms with Gasteiger partial charge in [-0.2, -0.15) is 0 Å². The van der Waals surface area contributed by atoms with Crippen molar-refractivity contribution in [3.63, 3.8) is 0 Å². The Kier molecular flexibility index (Phi) is 7.22. The van der Waals surface area contributed by atoms with Crippen molar-refractivity contribution in [1.82, 2.24) is 0 Å². The van der Waals surface area contributed by atoms with Crippen LogP contribution in [-0.2, 0) is 0 Å². The lowest BCUT2D eigenvalue weighted by atomic mass is 9.97. The standard InChI is InChI=1S/C52H33OP/c1-3-12-34(13-4-1)37-16-9-18-41(30-37)54(42-19-10-17-38(31-42)35-14-5-2-6-15-35)40-27-24-36(25-28-40)39-26-29-49-48(32-39)52-46-23-11-22-45-43-20-7-8-21-44(43)47(51(45)46)33-50(52)53-49/h1-33H. The Bertz CT molecular complexity index is 2950. The van der Waals surface area contributed by atoms with Crippen molar-refractivity contribution in [2.45, 2.75) is 0 Å². The molecule has 1 aliphatic carbocycles. The Morgan fingerprint density at radius 1 is 0.278 bits per heavy atom. The van der Waals surface area contributed by atoms with E-state index in [-0.39, 0.29) is 0 Å². The minimum absolute atomic E-state index is 0.840. The van der Waals surface area contributed by atoms with Gasteiger partial charge in [-0.15, -0.1) is 0 Å². The number of hydrogen-bond donors (Lipinski definition) is 0. The van der Waals surface area contributed by atoms with Crippen LogP contribution in [0, 0.1) is 0 Å². The number of rotatable bonds is 6. The molecule has 11 rings (SSSR count). The second-order valence-corrected chi connectivity index (χ2v) is 16.3. The Balaban J connectivity index is 1.02. The minimum Gasteiger partial charge on any atom is -0.456 e. The quantitative estimate of drug-likeness (QED) is 0.157. The molecule has 1 nitrogen and oxygen atoms in total. The van der Waals surface area contributed by atoms with Gasteiger partial charge in [-0.25, -0.2) is 0 Å². The fourth-order valence-electron chi connectivity index (χ4n) is 8.48. The molecule has 0 atom stereocenters. The molecule has 1 heterocycles. The first-order chi connectivity index (χ1) is 26.8. The molecule has 9 aromatic carbocycles. The molecule has 54 heavy (non-hydrogen) atoms. The summed E-state index contributed by atoms with van der Waals surface area (Å²) in [6.07, 6.45) is 0. The number of fused-ring (bicyclic) bond motifs is 7. The Morgan fingerprint density at radius 3 is 1.46 bits per heavy atom. The van der Waals surface area contributed by atoms with E-state index in [0.29, 0.717) is 0 Å². The van der Waals surface area contributed by atoms with Crippen molar-refractivity contribution in [1.29, 1.82) is 0 Å². The third-order valence-electron chi connectivity index (χ3n) is 11.0. The third-order valence-corrected chi connectivity index (χ3v) is 13.4. The van der Waals surface area contributed by atoms with Crippen LogP contribution in [0.3, 0.4) is 0 Å². The molecule has 0 saturated carbocycles. The number of benzene rings is 9. The van der Waals surface area contributed by atoms with Gasteiger partial charge in [-0.05, 0) is 121 Å². The molecule has 1 aromatic heterocycles. The topological polar surface area (TPSA) is 13.1 Å². The zero-order valence-corrected chi connectivity index (χ0v) is 30.3. The first-order valence-electron chi connectivity index (χ1n) is 18.5. The highest BCUT2D eigenvalue weighted by atomic mass is 31.1. The van der Waals surface area contributed by atoms with Crippen LogP contribution >= 0.6 is 7.92 Å². The predicted molar refractivity (Wildman–Crippen MR) is 231 cm³/mol. The van der Waals surface area contributed by atoms with Crippen molar-refractivity contribution in [2.75, 3.05) is 0 Å². The van der Waals surface area contributed by atoms with Gasteiger partial charge in [-0.1, -0.05) is 170 Å². The van der Waals surface area contributed by atoms with Gasteiger partial charge in [-0.3, -0.25) is 0 Å². The normalized spacial score (nSPS) is 11.9.